The quantitative estimate of drug-likeness (QED) is 0.198. The van der Waals surface area contributed by atoms with Crippen molar-refractivity contribution in [2.75, 3.05) is 0 Å². The summed E-state index contributed by atoms with van der Waals surface area (Å²) in [6, 6.07) is 48.8. The Balaban J connectivity index is 1.29. The van der Waals surface area contributed by atoms with Crippen LogP contribution in [0.4, 0.5) is 0 Å². The fourth-order valence-corrected chi connectivity index (χ4v) is 7.42. The highest BCUT2D eigenvalue weighted by Gasteiger charge is 2.16. The molecule has 10 rings (SSSR count). The van der Waals surface area contributed by atoms with E-state index in [4.69, 9.17) is 4.98 Å². The summed E-state index contributed by atoms with van der Waals surface area (Å²) >= 11 is 0. The zero-order valence-corrected chi connectivity index (χ0v) is 23.8. The second-order valence-corrected chi connectivity index (χ2v) is 11.8. The van der Waals surface area contributed by atoms with E-state index >= 15 is 0 Å². The van der Waals surface area contributed by atoms with E-state index in [-0.39, 0.29) is 0 Å². The molecule has 0 fully saturated rings. The van der Waals surface area contributed by atoms with Crippen molar-refractivity contribution in [2.45, 2.75) is 0 Å². The summed E-state index contributed by atoms with van der Waals surface area (Å²) in [7, 11) is 0. The molecule has 0 saturated carbocycles. The average molecular weight is 557 g/mol. The molecule has 0 atom stereocenters. The Bertz CT molecular complexity index is 2750. The van der Waals surface area contributed by atoms with Crippen LogP contribution in [0, 0.1) is 0 Å². The lowest BCUT2D eigenvalue weighted by atomic mass is 9.86. The predicted molar refractivity (Wildman–Crippen MR) is 187 cm³/mol. The van der Waals surface area contributed by atoms with Crippen LogP contribution in [-0.4, -0.2) is 9.97 Å². The minimum Gasteiger partial charge on any atom is -0.256 e. The van der Waals surface area contributed by atoms with Gasteiger partial charge in [-0.25, -0.2) is 0 Å². The van der Waals surface area contributed by atoms with E-state index in [9.17, 15) is 0 Å². The second kappa shape index (κ2) is 8.82. The molecule has 2 heterocycles. The molecular weight excluding hydrogens is 532 g/mol. The Morgan fingerprint density at radius 1 is 0.341 bits per heavy atom. The van der Waals surface area contributed by atoms with Crippen molar-refractivity contribution >= 4 is 75.5 Å². The van der Waals surface area contributed by atoms with Crippen molar-refractivity contribution in [3.8, 4) is 22.4 Å². The molecule has 0 spiro atoms. The monoisotopic (exact) mass is 556 g/mol. The first-order valence-corrected chi connectivity index (χ1v) is 15.1. The molecule has 0 aliphatic heterocycles. The Morgan fingerprint density at radius 2 is 0.909 bits per heavy atom. The van der Waals surface area contributed by atoms with Gasteiger partial charge in [0.05, 0.1) is 11.2 Å². The van der Waals surface area contributed by atoms with Crippen molar-refractivity contribution in [3.63, 3.8) is 0 Å². The van der Waals surface area contributed by atoms with Gasteiger partial charge >= 0.3 is 0 Å². The zero-order valence-electron chi connectivity index (χ0n) is 23.8. The molecule has 0 amide bonds. The number of hydrogen-bond acceptors (Lipinski definition) is 2. The van der Waals surface area contributed by atoms with Crippen LogP contribution in [0.15, 0.2) is 146 Å². The molecule has 10 aromatic rings. The average Bonchev–Trinajstić information content (AvgIpc) is 3.09. The van der Waals surface area contributed by atoms with Gasteiger partial charge in [0.1, 0.15) is 0 Å². The summed E-state index contributed by atoms with van der Waals surface area (Å²) in [4.78, 5) is 9.41. The minimum atomic E-state index is 0.957. The highest BCUT2D eigenvalue weighted by Crippen LogP contribution is 2.44. The molecule has 0 saturated heterocycles. The third-order valence-electron chi connectivity index (χ3n) is 9.42. The maximum Gasteiger partial charge on any atom is 0.0702 e. The van der Waals surface area contributed by atoms with Gasteiger partial charge in [-0.3, -0.25) is 9.97 Å². The lowest BCUT2D eigenvalue weighted by molar-refractivity contribution is 1.33. The van der Waals surface area contributed by atoms with E-state index in [1.165, 1.54) is 70.2 Å². The van der Waals surface area contributed by atoms with E-state index < -0.39 is 0 Å². The topological polar surface area (TPSA) is 25.8 Å². The van der Waals surface area contributed by atoms with Gasteiger partial charge in [0, 0.05) is 28.9 Å². The maximum absolute atomic E-state index is 4.94. The lowest BCUT2D eigenvalue weighted by Crippen LogP contribution is -1.90. The van der Waals surface area contributed by atoms with Gasteiger partial charge in [-0.2, -0.15) is 0 Å². The number of benzene rings is 7. The molecule has 202 valence electrons. The van der Waals surface area contributed by atoms with Gasteiger partial charge in [-0.1, -0.05) is 97.1 Å². The number of aromatic nitrogens is 2. The Morgan fingerprint density at radius 3 is 1.57 bits per heavy atom. The van der Waals surface area contributed by atoms with Crippen LogP contribution in [-0.2, 0) is 0 Å². The first-order chi connectivity index (χ1) is 21.8. The third kappa shape index (κ3) is 3.31. The normalized spacial score (nSPS) is 12.1. The molecule has 2 aromatic heterocycles. The van der Waals surface area contributed by atoms with Gasteiger partial charge in [0.25, 0.3) is 0 Å². The molecule has 0 unspecified atom stereocenters. The maximum atomic E-state index is 4.94. The minimum absolute atomic E-state index is 0.957. The highest BCUT2D eigenvalue weighted by molar-refractivity contribution is 6.37. The van der Waals surface area contributed by atoms with E-state index in [1.807, 2.05) is 18.5 Å². The molecule has 0 N–H and O–H groups in total. The Kier molecular flexibility index (Phi) is 4.75. The molecule has 0 bridgehead atoms. The second-order valence-electron chi connectivity index (χ2n) is 11.8. The largest absolute Gasteiger partial charge is 0.256 e. The van der Waals surface area contributed by atoms with Crippen LogP contribution in [0.3, 0.4) is 0 Å². The zero-order chi connectivity index (χ0) is 28.8. The van der Waals surface area contributed by atoms with E-state index in [0.717, 1.165) is 27.7 Å². The first kappa shape index (κ1) is 23.7. The summed E-state index contributed by atoms with van der Waals surface area (Å²) in [6.45, 7) is 0. The van der Waals surface area contributed by atoms with Crippen molar-refractivity contribution < 1.29 is 0 Å². The lowest BCUT2D eigenvalue weighted by Gasteiger charge is -2.17. The summed E-state index contributed by atoms with van der Waals surface area (Å²) in [5.41, 5.74) is 5.32. The number of hydrogen-bond donors (Lipinski definition) is 0. The van der Waals surface area contributed by atoms with Crippen LogP contribution in [0.1, 0.15) is 0 Å². The summed E-state index contributed by atoms with van der Waals surface area (Å²) < 4.78 is 0. The Hall–Kier alpha value is -5.86. The van der Waals surface area contributed by atoms with Crippen molar-refractivity contribution in [1.82, 2.24) is 9.97 Å². The van der Waals surface area contributed by atoms with Crippen LogP contribution in [0.25, 0.3) is 97.9 Å². The number of rotatable bonds is 2. The molecule has 0 radical (unpaired) electrons. The molecule has 8 aromatic carbocycles. The van der Waals surface area contributed by atoms with Crippen molar-refractivity contribution in [2.24, 2.45) is 0 Å². The van der Waals surface area contributed by atoms with Crippen LogP contribution >= 0.6 is 0 Å². The molecule has 0 aliphatic rings. The number of nitrogens with zero attached hydrogens (tertiary/aromatic N) is 2. The number of pyridine rings is 2. The molecule has 2 heteroatoms. The first-order valence-electron chi connectivity index (χ1n) is 15.1. The molecule has 2 nitrogen and oxygen atoms in total. The van der Waals surface area contributed by atoms with E-state index in [2.05, 4.69) is 132 Å². The van der Waals surface area contributed by atoms with E-state index in [1.54, 1.807) is 0 Å². The van der Waals surface area contributed by atoms with Crippen molar-refractivity contribution in [1.29, 1.82) is 0 Å². The van der Waals surface area contributed by atoms with Gasteiger partial charge in [-0.05, 0) is 107 Å². The predicted octanol–water partition coefficient (Wildman–Crippen LogP) is 11.3. The van der Waals surface area contributed by atoms with E-state index in [0.29, 0.717) is 0 Å². The molecule has 44 heavy (non-hydrogen) atoms. The fraction of sp³-hybridized carbons (Fsp3) is 0. The summed E-state index contributed by atoms with van der Waals surface area (Å²) in [5, 5.41) is 16.6. The standard InChI is InChI=1S/C42H24N2/c1-5-25-12-13-26-7-3-11-35-36-23-32(31-17-19-38(44-24-31)29-16-18-37-28(21-29)8-4-20-43-37)22-30-15-14-27-6-2-10-34(40(27)42(30)36)33(9-1)39(25)41(26)35/h1-24H. The smallest absolute Gasteiger partial charge is 0.0702 e. The molecule has 0 aliphatic carbocycles. The summed E-state index contributed by atoms with van der Waals surface area (Å²) in [5.74, 6) is 0. The fourth-order valence-electron chi connectivity index (χ4n) is 7.42. The van der Waals surface area contributed by atoms with Crippen molar-refractivity contribution in [3.05, 3.63) is 146 Å². The Labute approximate surface area is 253 Å². The number of fused-ring (bicyclic) bond motifs is 3. The van der Waals surface area contributed by atoms with Crippen LogP contribution < -0.4 is 0 Å². The van der Waals surface area contributed by atoms with Gasteiger partial charge in [0.15, 0.2) is 0 Å². The van der Waals surface area contributed by atoms with Gasteiger partial charge in [0.2, 0.25) is 0 Å². The highest BCUT2D eigenvalue weighted by atomic mass is 14.7. The summed E-state index contributed by atoms with van der Waals surface area (Å²) in [6.07, 6.45) is 3.85. The third-order valence-corrected chi connectivity index (χ3v) is 9.42. The SMILES string of the molecule is c1cnc2ccc(-c3ccc(-c4cc5ccc6cccc7c8cccc9ccc%10cccc(c(c4)c5c67)c%10c98)cn3)cc2c1. The van der Waals surface area contributed by atoms with Gasteiger partial charge < -0.3 is 0 Å². The van der Waals surface area contributed by atoms with Crippen LogP contribution in [0.5, 0.6) is 0 Å². The van der Waals surface area contributed by atoms with Gasteiger partial charge in [-0.15, -0.1) is 0 Å². The molecular formula is C42H24N2. The van der Waals surface area contributed by atoms with Crippen LogP contribution in [0.2, 0.25) is 0 Å².